The van der Waals surface area contributed by atoms with Crippen LogP contribution in [-0.4, -0.2) is 35.8 Å². The van der Waals surface area contributed by atoms with Crippen LogP contribution in [0.1, 0.15) is 25.0 Å². The molecule has 1 aliphatic rings. The van der Waals surface area contributed by atoms with Crippen molar-refractivity contribution < 1.29 is 9.59 Å². The van der Waals surface area contributed by atoms with Gasteiger partial charge in [0.1, 0.15) is 0 Å². The molecule has 23 heavy (non-hydrogen) atoms. The maximum atomic E-state index is 12.2. The van der Waals surface area contributed by atoms with Gasteiger partial charge in [-0.3, -0.25) is 9.59 Å². The number of fused-ring (bicyclic) bond motifs is 1. The quantitative estimate of drug-likeness (QED) is 0.859. The number of nitrogens with two attached hydrogens (primary N) is 1. The lowest BCUT2D eigenvalue weighted by atomic mass is 10.00. The molecule has 1 aromatic rings. The molecule has 0 spiro atoms. The van der Waals surface area contributed by atoms with Gasteiger partial charge < -0.3 is 16.0 Å². The molecule has 0 aromatic heterocycles. The van der Waals surface area contributed by atoms with Crippen molar-refractivity contribution in [3.05, 3.63) is 34.3 Å². The summed E-state index contributed by atoms with van der Waals surface area (Å²) >= 11 is 6.16. The van der Waals surface area contributed by atoms with Crippen LogP contribution in [0.3, 0.4) is 0 Å². The SMILES string of the molecule is CC(C)[C@H](N)C(=O)NCC(=O)N1CCc2c(Cl)cccc2C1.Cl. The van der Waals surface area contributed by atoms with E-state index in [2.05, 4.69) is 5.32 Å². The fourth-order valence-electron chi connectivity index (χ4n) is 2.47. The Morgan fingerprint density at radius 2 is 2.09 bits per heavy atom. The lowest BCUT2D eigenvalue weighted by molar-refractivity contribution is -0.134. The van der Waals surface area contributed by atoms with Gasteiger partial charge in [-0.25, -0.2) is 0 Å². The number of benzene rings is 1. The average molecular weight is 360 g/mol. The van der Waals surface area contributed by atoms with E-state index in [0.717, 1.165) is 22.6 Å². The van der Waals surface area contributed by atoms with Crippen molar-refractivity contribution in [1.29, 1.82) is 0 Å². The maximum absolute atomic E-state index is 12.2. The first-order chi connectivity index (χ1) is 10.4. The summed E-state index contributed by atoms with van der Waals surface area (Å²) < 4.78 is 0. The van der Waals surface area contributed by atoms with E-state index in [4.69, 9.17) is 17.3 Å². The molecule has 0 saturated heterocycles. The zero-order chi connectivity index (χ0) is 16.3. The van der Waals surface area contributed by atoms with E-state index < -0.39 is 6.04 Å². The number of amides is 2. The molecule has 0 bridgehead atoms. The molecule has 1 aromatic carbocycles. The summed E-state index contributed by atoms with van der Waals surface area (Å²) in [5.74, 6) is -0.349. The van der Waals surface area contributed by atoms with E-state index in [1.165, 1.54) is 0 Å². The first-order valence-corrected chi connectivity index (χ1v) is 7.85. The lowest BCUT2D eigenvalue weighted by Crippen LogP contribution is -2.48. The van der Waals surface area contributed by atoms with Gasteiger partial charge in [-0.15, -0.1) is 12.4 Å². The van der Waals surface area contributed by atoms with Crippen molar-refractivity contribution in [2.45, 2.75) is 32.9 Å². The Kier molecular flexibility index (Phi) is 7.32. The largest absolute Gasteiger partial charge is 0.346 e. The molecule has 0 unspecified atom stereocenters. The topological polar surface area (TPSA) is 75.4 Å². The zero-order valence-electron chi connectivity index (χ0n) is 13.3. The van der Waals surface area contributed by atoms with E-state index in [9.17, 15) is 9.59 Å². The van der Waals surface area contributed by atoms with Crippen LogP contribution in [0, 0.1) is 5.92 Å². The number of hydrogen-bond acceptors (Lipinski definition) is 3. The number of rotatable bonds is 4. The lowest BCUT2D eigenvalue weighted by Gasteiger charge is -2.29. The smallest absolute Gasteiger partial charge is 0.242 e. The summed E-state index contributed by atoms with van der Waals surface area (Å²) in [6.07, 6.45) is 0.736. The number of hydrogen-bond donors (Lipinski definition) is 2. The maximum Gasteiger partial charge on any atom is 0.242 e. The highest BCUT2D eigenvalue weighted by Gasteiger charge is 2.23. The molecule has 0 saturated carbocycles. The minimum Gasteiger partial charge on any atom is -0.346 e. The summed E-state index contributed by atoms with van der Waals surface area (Å²) in [5, 5.41) is 3.37. The van der Waals surface area contributed by atoms with Crippen molar-refractivity contribution in [3.8, 4) is 0 Å². The minimum atomic E-state index is -0.589. The third-order valence-electron chi connectivity index (χ3n) is 4.00. The molecule has 0 aliphatic carbocycles. The van der Waals surface area contributed by atoms with E-state index in [0.29, 0.717) is 13.1 Å². The number of nitrogens with zero attached hydrogens (tertiary/aromatic N) is 1. The van der Waals surface area contributed by atoms with Crippen LogP contribution in [0.25, 0.3) is 0 Å². The standard InChI is InChI=1S/C16H22ClN3O2.ClH/c1-10(2)15(18)16(22)19-8-14(21)20-7-6-12-11(9-20)4-3-5-13(12)17;/h3-5,10,15H,6-9,18H2,1-2H3,(H,19,22);1H/t15-;/m0./s1. The van der Waals surface area contributed by atoms with Gasteiger partial charge in [0.25, 0.3) is 0 Å². The highest BCUT2D eigenvalue weighted by Crippen LogP contribution is 2.25. The Bertz CT molecular complexity index is 578. The van der Waals surface area contributed by atoms with Crippen LogP contribution in [0.2, 0.25) is 5.02 Å². The molecule has 3 N–H and O–H groups in total. The van der Waals surface area contributed by atoms with Gasteiger partial charge in [0, 0.05) is 18.1 Å². The van der Waals surface area contributed by atoms with Crippen molar-refractivity contribution in [2.75, 3.05) is 13.1 Å². The van der Waals surface area contributed by atoms with Gasteiger partial charge in [0.15, 0.2) is 0 Å². The number of halogens is 2. The molecule has 1 aliphatic heterocycles. The summed E-state index contributed by atoms with van der Waals surface area (Å²) in [5.41, 5.74) is 7.93. The minimum absolute atomic E-state index is 0. The summed E-state index contributed by atoms with van der Waals surface area (Å²) in [6.45, 7) is 4.87. The number of carbonyl (C=O) groups excluding carboxylic acids is 2. The van der Waals surface area contributed by atoms with Crippen molar-refractivity contribution in [1.82, 2.24) is 10.2 Å². The van der Waals surface area contributed by atoms with Gasteiger partial charge in [-0.05, 0) is 29.5 Å². The predicted molar refractivity (Wildman–Crippen MR) is 93.6 cm³/mol. The van der Waals surface area contributed by atoms with Crippen LogP contribution in [0.15, 0.2) is 18.2 Å². The van der Waals surface area contributed by atoms with E-state index in [1.807, 2.05) is 32.0 Å². The third kappa shape index (κ3) is 4.83. The molecule has 1 heterocycles. The van der Waals surface area contributed by atoms with E-state index in [-0.39, 0.29) is 36.7 Å². The van der Waals surface area contributed by atoms with Gasteiger partial charge in [-0.1, -0.05) is 37.6 Å². The molecule has 128 valence electrons. The molecule has 0 radical (unpaired) electrons. The van der Waals surface area contributed by atoms with Crippen LogP contribution < -0.4 is 11.1 Å². The van der Waals surface area contributed by atoms with E-state index in [1.54, 1.807) is 4.90 Å². The molecule has 5 nitrogen and oxygen atoms in total. The molecule has 2 rings (SSSR count). The van der Waals surface area contributed by atoms with Crippen LogP contribution in [-0.2, 0) is 22.6 Å². The van der Waals surface area contributed by atoms with Crippen molar-refractivity contribution in [2.24, 2.45) is 11.7 Å². The second kappa shape index (κ2) is 8.52. The van der Waals surface area contributed by atoms with Crippen LogP contribution in [0.5, 0.6) is 0 Å². The highest BCUT2D eigenvalue weighted by molar-refractivity contribution is 6.31. The van der Waals surface area contributed by atoms with Crippen LogP contribution >= 0.6 is 24.0 Å². The fourth-order valence-corrected chi connectivity index (χ4v) is 2.76. The molecule has 0 fully saturated rings. The van der Waals surface area contributed by atoms with Gasteiger partial charge in [-0.2, -0.15) is 0 Å². The average Bonchev–Trinajstić information content (AvgIpc) is 2.51. The third-order valence-corrected chi connectivity index (χ3v) is 4.35. The van der Waals surface area contributed by atoms with E-state index >= 15 is 0 Å². The molecule has 2 amide bonds. The summed E-state index contributed by atoms with van der Waals surface area (Å²) in [4.78, 5) is 25.8. The summed E-state index contributed by atoms with van der Waals surface area (Å²) in [7, 11) is 0. The van der Waals surface area contributed by atoms with Crippen molar-refractivity contribution in [3.63, 3.8) is 0 Å². The normalized spacial score (nSPS) is 14.7. The number of carbonyl (C=O) groups is 2. The molecule has 1 atom stereocenters. The van der Waals surface area contributed by atoms with Gasteiger partial charge in [0.05, 0.1) is 12.6 Å². The summed E-state index contributed by atoms with van der Waals surface area (Å²) in [6, 6.07) is 5.14. The van der Waals surface area contributed by atoms with Crippen molar-refractivity contribution >= 4 is 35.8 Å². The zero-order valence-corrected chi connectivity index (χ0v) is 14.9. The predicted octanol–water partition coefficient (Wildman–Crippen LogP) is 1.75. The second-order valence-corrected chi connectivity index (χ2v) is 6.34. The molecular weight excluding hydrogens is 337 g/mol. The Morgan fingerprint density at radius 3 is 2.74 bits per heavy atom. The fraction of sp³-hybridized carbons (Fsp3) is 0.500. The Morgan fingerprint density at radius 1 is 1.39 bits per heavy atom. The molecule has 7 heteroatoms. The van der Waals surface area contributed by atoms with Crippen LogP contribution in [0.4, 0.5) is 0 Å². The monoisotopic (exact) mass is 359 g/mol. The molecular formula is C16H23Cl2N3O2. The Labute approximate surface area is 148 Å². The Balaban J connectivity index is 0.00000264. The van der Waals surface area contributed by atoms with Gasteiger partial charge >= 0.3 is 0 Å². The highest BCUT2D eigenvalue weighted by atomic mass is 35.5. The number of nitrogens with one attached hydrogen (secondary N) is 1. The Hall–Kier alpha value is -1.30. The first-order valence-electron chi connectivity index (χ1n) is 7.47. The van der Waals surface area contributed by atoms with Gasteiger partial charge in [0.2, 0.25) is 11.8 Å². The first kappa shape index (κ1) is 19.7. The second-order valence-electron chi connectivity index (χ2n) is 5.93.